The van der Waals surface area contributed by atoms with E-state index in [0.29, 0.717) is 24.2 Å². The summed E-state index contributed by atoms with van der Waals surface area (Å²) in [4.78, 5) is 37.3. The van der Waals surface area contributed by atoms with Crippen LogP contribution in [0.1, 0.15) is 57.3 Å². The summed E-state index contributed by atoms with van der Waals surface area (Å²) >= 11 is 0. The topological polar surface area (TPSA) is 102 Å². The summed E-state index contributed by atoms with van der Waals surface area (Å²) in [7, 11) is 0. The number of hydrogen-bond donors (Lipinski definition) is 1. The third kappa shape index (κ3) is 3.18. The van der Waals surface area contributed by atoms with E-state index in [-0.39, 0.29) is 23.9 Å². The lowest BCUT2D eigenvalue weighted by atomic mass is 9.48. The summed E-state index contributed by atoms with van der Waals surface area (Å²) in [6, 6.07) is 8.92. The molecule has 2 saturated carbocycles. The van der Waals surface area contributed by atoms with E-state index in [2.05, 4.69) is 19.1 Å². The zero-order valence-electron chi connectivity index (χ0n) is 22.2. The monoisotopic (exact) mass is 518 g/mol. The van der Waals surface area contributed by atoms with Crippen LogP contribution in [0.2, 0.25) is 0 Å². The summed E-state index contributed by atoms with van der Waals surface area (Å²) in [6.07, 6.45) is 9.96. The van der Waals surface area contributed by atoms with Gasteiger partial charge in [0.2, 0.25) is 5.78 Å². The van der Waals surface area contributed by atoms with Gasteiger partial charge >= 0.3 is 11.9 Å². The van der Waals surface area contributed by atoms with Gasteiger partial charge in [-0.2, -0.15) is 0 Å². The molecule has 1 aromatic rings. The lowest BCUT2D eigenvalue weighted by Crippen LogP contribution is -2.62. The summed E-state index contributed by atoms with van der Waals surface area (Å²) in [5, 5.41) is 11.9. The second-order valence-electron chi connectivity index (χ2n) is 12.1. The first-order valence-corrected chi connectivity index (χ1v) is 13.4. The van der Waals surface area contributed by atoms with Gasteiger partial charge in [-0.05, 0) is 73.8 Å². The number of fused-ring (bicyclic) bond motifs is 3. The Hall–Kier alpha value is -3.03. The van der Waals surface area contributed by atoms with Crippen molar-refractivity contribution in [3.8, 4) is 0 Å². The average Bonchev–Trinajstić information content (AvgIpc) is 3.57. The molecule has 1 N–H and O–H groups in total. The molecule has 7 heteroatoms. The molecule has 5 aliphatic rings. The van der Waals surface area contributed by atoms with E-state index in [1.165, 1.54) is 6.92 Å². The molecule has 1 heterocycles. The Morgan fingerprint density at radius 1 is 1.13 bits per heavy atom. The van der Waals surface area contributed by atoms with Crippen LogP contribution in [0, 0.1) is 28.6 Å². The minimum absolute atomic E-state index is 0.0619. The molecule has 6 rings (SSSR count). The number of ketones is 1. The minimum atomic E-state index is -1.59. The molecule has 1 spiro atoms. The van der Waals surface area contributed by atoms with Crippen molar-refractivity contribution in [2.75, 3.05) is 6.61 Å². The van der Waals surface area contributed by atoms with E-state index < -0.39 is 46.4 Å². The van der Waals surface area contributed by atoms with Gasteiger partial charge in [0.25, 0.3) is 0 Å². The normalized spacial score (nSPS) is 41.9. The van der Waals surface area contributed by atoms with E-state index in [0.717, 1.165) is 12.0 Å². The molecular weight excluding hydrogens is 484 g/mol. The zero-order chi connectivity index (χ0) is 27.1. The van der Waals surface area contributed by atoms with Gasteiger partial charge in [0, 0.05) is 17.8 Å². The highest BCUT2D eigenvalue weighted by Gasteiger charge is 2.81. The summed E-state index contributed by atoms with van der Waals surface area (Å²) in [6.45, 7) is 6.96. The molecule has 0 aromatic heterocycles. The second kappa shape index (κ2) is 8.23. The first kappa shape index (κ1) is 25.3. The highest BCUT2D eigenvalue weighted by molar-refractivity contribution is 5.91. The molecule has 3 fully saturated rings. The average molecular weight is 519 g/mol. The number of carbonyl (C=O) groups is 3. The van der Waals surface area contributed by atoms with E-state index >= 15 is 0 Å². The van der Waals surface area contributed by atoms with Crippen molar-refractivity contribution in [3.63, 3.8) is 0 Å². The van der Waals surface area contributed by atoms with Crippen molar-refractivity contribution in [2.24, 2.45) is 28.6 Å². The molecule has 0 amide bonds. The Kier molecular flexibility index (Phi) is 5.47. The molecular formula is C31H34O7. The zero-order valence-corrected chi connectivity index (χ0v) is 22.2. The molecule has 200 valence electrons. The van der Waals surface area contributed by atoms with Gasteiger partial charge in [-0.1, -0.05) is 44.2 Å². The van der Waals surface area contributed by atoms with Gasteiger partial charge in [0.1, 0.15) is 17.0 Å². The fourth-order valence-corrected chi connectivity index (χ4v) is 8.41. The standard InChI is InChI=1S/C31H34O7/c1-18-14-24-23-11-10-21-15-22(37-27(34)20-8-6-5-7-9-20)12-13-28(21,3)31(23)26(38-31)16-29(24,4)30(18,35)25(33)17-36-19(2)32/h5-10,12-13,15,18,23-24,26,35H,11,14,16-17H2,1-4H3/t18-,23?,24?,26?,28+,29+,30+,31?/m1/s1. The van der Waals surface area contributed by atoms with Crippen molar-refractivity contribution < 1.29 is 33.7 Å². The Bertz CT molecular complexity index is 1310. The SMILES string of the molecule is CC(=O)OCC(=O)[C@@]1(O)[C@H](C)CC2C3CC=C4C=C(OC(=O)c5ccccc5)C=C[C@]4(C)C34OC4C[C@@]21C. The number of Topliss-reactive ketones (excluding diaryl/α,β-unsaturated/α-hetero) is 1. The van der Waals surface area contributed by atoms with Crippen molar-refractivity contribution in [2.45, 2.75) is 64.3 Å². The van der Waals surface area contributed by atoms with Gasteiger partial charge in [-0.3, -0.25) is 9.59 Å². The van der Waals surface area contributed by atoms with Crippen LogP contribution in [0.15, 0.2) is 66.0 Å². The molecule has 1 aliphatic heterocycles. The van der Waals surface area contributed by atoms with Crippen LogP contribution >= 0.6 is 0 Å². The van der Waals surface area contributed by atoms with Crippen LogP contribution in [0.5, 0.6) is 0 Å². The highest BCUT2D eigenvalue weighted by atomic mass is 16.6. The Morgan fingerprint density at radius 2 is 1.87 bits per heavy atom. The molecule has 1 saturated heterocycles. The van der Waals surface area contributed by atoms with E-state index in [1.807, 2.05) is 32.1 Å². The molecule has 0 radical (unpaired) electrons. The number of allylic oxidation sites excluding steroid dienone is 3. The molecule has 4 aliphatic carbocycles. The number of rotatable bonds is 5. The number of benzene rings is 1. The number of epoxide rings is 1. The quantitative estimate of drug-likeness (QED) is 0.458. The number of carbonyl (C=O) groups excluding carboxylic acids is 3. The Morgan fingerprint density at radius 3 is 2.58 bits per heavy atom. The third-order valence-electron chi connectivity index (χ3n) is 10.3. The van der Waals surface area contributed by atoms with Crippen LogP contribution < -0.4 is 0 Å². The maximum absolute atomic E-state index is 13.3. The Balaban J connectivity index is 1.29. The Labute approximate surface area is 222 Å². The van der Waals surface area contributed by atoms with Gasteiger partial charge in [-0.15, -0.1) is 0 Å². The number of ether oxygens (including phenoxy) is 3. The van der Waals surface area contributed by atoms with Crippen LogP contribution in [0.4, 0.5) is 0 Å². The molecule has 1 aromatic carbocycles. The van der Waals surface area contributed by atoms with E-state index in [9.17, 15) is 19.5 Å². The number of hydrogen-bond acceptors (Lipinski definition) is 7. The van der Waals surface area contributed by atoms with Crippen LogP contribution in [0.25, 0.3) is 0 Å². The van der Waals surface area contributed by atoms with Crippen molar-refractivity contribution in [1.82, 2.24) is 0 Å². The van der Waals surface area contributed by atoms with Gasteiger partial charge in [0.15, 0.2) is 6.61 Å². The number of esters is 2. The molecule has 8 atom stereocenters. The maximum Gasteiger partial charge on any atom is 0.343 e. The lowest BCUT2D eigenvalue weighted by molar-refractivity contribution is -0.170. The lowest BCUT2D eigenvalue weighted by Gasteiger charge is -2.54. The second-order valence-corrected chi connectivity index (χ2v) is 12.1. The fraction of sp³-hybridized carbons (Fsp3) is 0.516. The van der Waals surface area contributed by atoms with Crippen molar-refractivity contribution >= 4 is 17.7 Å². The third-order valence-corrected chi connectivity index (χ3v) is 10.3. The summed E-state index contributed by atoms with van der Waals surface area (Å²) in [5.41, 5.74) is -1.58. The van der Waals surface area contributed by atoms with Gasteiger partial charge in [0.05, 0.1) is 11.7 Å². The molecule has 4 unspecified atom stereocenters. The highest BCUT2D eigenvalue weighted by Crippen LogP contribution is 2.75. The first-order chi connectivity index (χ1) is 18.0. The number of aliphatic hydroxyl groups is 1. The van der Waals surface area contributed by atoms with Crippen molar-refractivity contribution in [1.29, 1.82) is 0 Å². The predicted molar refractivity (Wildman–Crippen MR) is 138 cm³/mol. The van der Waals surface area contributed by atoms with Crippen LogP contribution in [0.3, 0.4) is 0 Å². The van der Waals surface area contributed by atoms with Crippen LogP contribution in [-0.2, 0) is 23.8 Å². The van der Waals surface area contributed by atoms with E-state index in [1.54, 1.807) is 24.3 Å². The summed E-state index contributed by atoms with van der Waals surface area (Å²) < 4.78 is 17.3. The van der Waals surface area contributed by atoms with Gasteiger partial charge in [-0.25, -0.2) is 4.79 Å². The largest absolute Gasteiger partial charge is 0.458 e. The maximum atomic E-state index is 13.3. The van der Waals surface area contributed by atoms with Gasteiger partial charge < -0.3 is 19.3 Å². The predicted octanol–water partition coefficient (Wildman–Crippen LogP) is 4.32. The smallest absolute Gasteiger partial charge is 0.343 e. The molecule has 0 bridgehead atoms. The van der Waals surface area contributed by atoms with Crippen molar-refractivity contribution in [3.05, 3.63) is 71.5 Å². The van der Waals surface area contributed by atoms with Crippen LogP contribution in [-0.4, -0.2) is 46.7 Å². The van der Waals surface area contributed by atoms with E-state index in [4.69, 9.17) is 14.2 Å². The fourth-order valence-electron chi connectivity index (χ4n) is 8.41. The molecule has 7 nitrogen and oxygen atoms in total. The first-order valence-electron chi connectivity index (χ1n) is 13.4. The minimum Gasteiger partial charge on any atom is -0.458 e. The molecule has 38 heavy (non-hydrogen) atoms. The summed E-state index contributed by atoms with van der Waals surface area (Å²) in [5.74, 6) is -0.955.